The molecule has 0 atom stereocenters. The molecule has 0 unspecified atom stereocenters. The Morgan fingerprint density at radius 3 is 2.28 bits per heavy atom. The van der Waals surface area contributed by atoms with E-state index in [-0.39, 0.29) is 0 Å². The number of thioether (sulfide) groups is 2. The normalized spacial score (nSPS) is 25.9. The minimum Gasteiger partial charge on any atom is -0.147 e. The van der Waals surface area contributed by atoms with Crippen LogP contribution >= 0.6 is 23.5 Å². The van der Waals surface area contributed by atoms with Crippen molar-refractivity contribution in [3.05, 3.63) is 12.7 Å². The quantitative estimate of drug-likeness (QED) is 0.492. The Morgan fingerprint density at radius 2 is 1.72 bits per heavy atom. The lowest BCUT2D eigenvalue weighted by Gasteiger charge is -2.52. The first-order chi connectivity index (χ1) is 8.62. The second-order valence-electron chi connectivity index (χ2n) is 6.43. The van der Waals surface area contributed by atoms with Crippen LogP contribution in [0.3, 0.4) is 0 Å². The van der Waals surface area contributed by atoms with Crippen molar-refractivity contribution < 1.29 is 0 Å². The maximum Gasteiger partial charge on any atom is 0.0822 e. The van der Waals surface area contributed by atoms with Gasteiger partial charge in [0.2, 0.25) is 0 Å². The predicted octanol–water partition coefficient (Wildman–Crippen LogP) is 5.57. The molecule has 1 aliphatic carbocycles. The summed E-state index contributed by atoms with van der Waals surface area (Å²) >= 11 is 4.68. The van der Waals surface area contributed by atoms with Crippen LogP contribution in [-0.4, -0.2) is 23.3 Å². The predicted molar refractivity (Wildman–Crippen MR) is 91.3 cm³/mol. The zero-order valence-electron chi connectivity index (χ0n) is 12.0. The fourth-order valence-electron chi connectivity index (χ4n) is 3.71. The number of hydrogen-bond donors (Lipinski definition) is 0. The summed E-state index contributed by atoms with van der Waals surface area (Å²) in [7, 11) is -1.23. The van der Waals surface area contributed by atoms with Crippen LogP contribution in [0, 0.1) is 5.92 Å². The summed E-state index contributed by atoms with van der Waals surface area (Å²) in [4.78, 5) is 0. The summed E-state index contributed by atoms with van der Waals surface area (Å²) in [6, 6.07) is 1.30. The van der Waals surface area contributed by atoms with Crippen molar-refractivity contribution in [3.8, 4) is 0 Å². The minimum atomic E-state index is -1.23. The molecule has 104 valence electrons. The molecule has 0 aromatic heterocycles. The molecule has 1 aliphatic heterocycles. The highest BCUT2D eigenvalue weighted by atomic mass is 32.2. The highest BCUT2D eigenvalue weighted by molar-refractivity contribution is 8.21. The average Bonchev–Trinajstić information content (AvgIpc) is 2.40. The van der Waals surface area contributed by atoms with E-state index in [4.69, 9.17) is 0 Å². The van der Waals surface area contributed by atoms with E-state index in [2.05, 4.69) is 49.3 Å². The number of allylic oxidation sites excluding steroid dienone is 1. The lowest BCUT2D eigenvalue weighted by atomic mass is 9.90. The van der Waals surface area contributed by atoms with Gasteiger partial charge in [-0.3, -0.25) is 0 Å². The van der Waals surface area contributed by atoms with Gasteiger partial charge < -0.3 is 0 Å². The van der Waals surface area contributed by atoms with Crippen LogP contribution in [0.25, 0.3) is 0 Å². The monoisotopic (exact) mass is 300 g/mol. The second kappa shape index (κ2) is 6.40. The van der Waals surface area contributed by atoms with Gasteiger partial charge in [0.25, 0.3) is 0 Å². The molecule has 1 saturated heterocycles. The summed E-state index contributed by atoms with van der Waals surface area (Å²) in [6.07, 6.45) is 11.0. The van der Waals surface area contributed by atoms with Crippen molar-refractivity contribution in [2.24, 2.45) is 5.92 Å². The van der Waals surface area contributed by atoms with Crippen LogP contribution in [0.5, 0.6) is 0 Å². The third kappa shape index (κ3) is 2.88. The van der Waals surface area contributed by atoms with Gasteiger partial charge in [-0.15, -0.1) is 30.1 Å². The molecule has 0 bridgehead atoms. The standard InChI is InChI=1S/C15H28S2Si/c1-4-13-18(2,3)15(16-11-8-12-17-15)14-9-6-5-7-10-14/h4,14H,1,5-13H2,2-3H3. The average molecular weight is 301 g/mol. The highest BCUT2D eigenvalue weighted by Gasteiger charge is 2.52. The number of hydrogen-bond acceptors (Lipinski definition) is 2. The van der Waals surface area contributed by atoms with Gasteiger partial charge in [0.15, 0.2) is 0 Å². The molecule has 0 radical (unpaired) electrons. The molecule has 3 heteroatoms. The molecule has 0 spiro atoms. The third-order valence-electron chi connectivity index (χ3n) is 4.66. The summed E-state index contributed by atoms with van der Waals surface area (Å²) in [5.74, 6) is 3.79. The fourth-order valence-corrected chi connectivity index (χ4v) is 13.5. The Balaban J connectivity index is 2.23. The highest BCUT2D eigenvalue weighted by Crippen LogP contribution is 2.57. The van der Waals surface area contributed by atoms with Crippen molar-refractivity contribution in [2.45, 2.75) is 61.4 Å². The Kier molecular flexibility index (Phi) is 5.36. The van der Waals surface area contributed by atoms with E-state index >= 15 is 0 Å². The van der Waals surface area contributed by atoms with Crippen LogP contribution in [-0.2, 0) is 0 Å². The van der Waals surface area contributed by atoms with Gasteiger partial charge >= 0.3 is 0 Å². The Bertz CT molecular complexity index is 276. The smallest absolute Gasteiger partial charge is 0.0822 e. The van der Waals surface area contributed by atoms with E-state index in [1.807, 2.05) is 0 Å². The van der Waals surface area contributed by atoms with E-state index in [0.717, 1.165) is 5.92 Å². The van der Waals surface area contributed by atoms with Gasteiger partial charge in [-0.25, -0.2) is 0 Å². The first-order valence-corrected chi connectivity index (χ1v) is 12.7. The molecule has 0 aromatic carbocycles. The zero-order valence-corrected chi connectivity index (χ0v) is 14.7. The number of rotatable bonds is 4. The molecule has 2 rings (SSSR count). The molecule has 1 saturated carbocycles. The third-order valence-corrected chi connectivity index (χ3v) is 15.7. The summed E-state index contributed by atoms with van der Waals surface area (Å²) in [6.45, 7) is 9.27. The SMILES string of the molecule is C=CC[Si](C)(C)C1(C2CCCCC2)SCCCS1. The first kappa shape index (κ1) is 15.1. The van der Waals surface area contributed by atoms with Crippen LogP contribution in [0.15, 0.2) is 12.7 Å². The fraction of sp³-hybridized carbons (Fsp3) is 0.867. The van der Waals surface area contributed by atoms with E-state index in [9.17, 15) is 0 Å². The first-order valence-electron chi connectivity index (χ1n) is 7.51. The topological polar surface area (TPSA) is 0 Å². The van der Waals surface area contributed by atoms with E-state index in [1.54, 1.807) is 0 Å². The summed E-state index contributed by atoms with van der Waals surface area (Å²) in [5, 5.41) is 0. The van der Waals surface area contributed by atoms with Crippen LogP contribution in [0.2, 0.25) is 19.1 Å². The second-order valence-corrected chi connectivity index (χ2v) is 15.1. The lowest BCUT2D eigenvalue weighted by Crippen LogP contribution is -2.55. The molecular formula is C15H28S2Si. The largest absolute Gasteiger partial charge is 0.147 e. The van der Waals surface area contributed by atoms with E-state index in [0.29, 0.717) is 3.70 Å². The Labute approximate surface area is 123 Å². The van der Waals surface area contributed by atoms with E-state index < -0.39 is 8.07 Å². The van der Waals surface area contributed by atoms with Crippen LogP contribution < -0.4 is 0 Å². The Hall–Kier alpha value is 0.657. The van der Waals surface area contributed by atoms with Gasteiger partial charge in [-0.05, 0) is 42.7 Å². The lowest BCUT2D eigenvalue weighted by molar-refractivity contribution is 0.362. The molecule has 0 N–H and O–H groups in total. The Morgan fingerprint density at radius 1 is 1.11 bits per heavy atom. The van der Waals surface area contributed by atoms with Gasteiger partial charge in [0.1, 0.15) is 0 Å². The van der Waals surface area contributed by atoms with Crippen molar-refractivity contribution in [3.63, 3.8) is 0 Å². The maximum absolute atomic E-state index is 4.03. The molecule has 2 fully saturated rings. The van der Waals surface area contributed by atoms with Crippen LogP contribution in [0.4, 0.5) is 0 Å². The van der Waals surface area contributed by atoms with E-state index in [1.165, 1.54) is 56.1 Å². The van der Waals surface area contributed by atoms with Gasteiger partial charge in [-0.1, -0.05) is 38.4 Å². The molecule has 0 amide bonds. The van der Waals surface area contributed by atoms with Crippen LogP contribution in [0.1, 0.15) is 38.5 Å². The molecular weight excluding hydrogens is 272 g/mol. The molecule has 1 heterocycles. The van der Waals surface area contributed by atoms with Gasteiger partial charge in [0, 0.05) is 0 Å². The molecule has 18 heavy (non-hydrogen) atoms. The van der Waals surface area contributed by atoms with Crippen molar-refractivity contribution in [1.82, 2.24) is 0 Å². The van der Waals surface area contributed by atoms with Gasteiger partial charge in [0.05, 0.1) is 11.8 Å². The molecule has 0 aromatic rings. The molecule has 2 aliphatic rings. The molecule has 0 nitrogen and oxygen atoms in total. The zero-order chi connectivity index (χ0) is 13.1. The summed E-state index contributed by atoms with van der Waals surface area (Å²) < 4.78 is 0.597. The maximum atomic E-state index is 4.03. The van der Waals surface area contributed by atoms with Gasteiger partial charge in [-0.2, -0.15) is 0 Å². The van der Waals surface area contributed by atoms with Crippen molar-refractivity contribution in [2.75, 3.05) is 11.5 Å². The minimum absolute atomic E-state index is 0.597. The van der Waals surface area contributed by atoms with Crippen molar-refractivity contribution >= 4 is 31.6 Å². The van der Waals surface area contributed by atoms with Crippen molar-refractivity contribution in [1.29, 1.82) is 0 Å². The summed E-state index contributed by atoms with van der Waals surface area (Å²) in [5.41, 5.74) is 0.